The first-order chi connectivity index (χ1) is 7.95. The average Bonchev–Trinajstić information content (AvgIpc) is 2.37. The summed E-state index contributed by atoms with van der Waals surface area (Å²) in [6, 6.07) is 16.5. The SMILES string of the molecule is C(=C\c1ccccn1)/CCc1ccccc1. The summed E-state index contributed by atoms with van der Waals surface area (Å²) in [5.74, 6) is 0. The Labute approximate surface area is 96.5 Å². The van der Waals surface area contributed by atoms with E-state index in [4.69, 9.17) is 0 Å². The molecule has 1 nitrogen and oxygen atoms in total. The number of nitrogens with zero attached hydrogens (tertiary/aromatic N) is 1. The van der Waals surface area contributed by atoms with Gasteiger partial charge in [0.25, 0.3) is 0 Å². The average molecular weight is 209 g/mol. The maximum Gasteiger partial charge on any atom is 0.0626 e. The van der Waals surface area contributed by atoms with Crippen LogP contribution in [-0.2, 0) is 6.42 Å². The molecule has 0 fully saturated rings. The highest BCUT2D eigenvalue weighted by Crippen LogP contribution is 2.04. The second kappa shape index (κ2) is 5.86. The van der Waals surface area contributed by atoms with Crippen LogP contribution in [0.3, 0.4) is 0 Å². The van der Waals surface area contributed by atoms with Gasteiger partial charge in [0.05, 0.1) is 5.69 Å². The third kappa shape index (κ3) is 3.35. The van der Waals surface area contributed by atoms with E-state index in [1.165, 1.54) is 5.56 Å². The van der Waals surface area contributed by atoms with E-state index in [9.17, 15) is 0 Å². The van der Waals surface area contributed by atoms with Gasteiger partial charge in [-0.15, -0.1) is 0 Å². The van der Waals surface area contributed by atoms with Crippen LogP contribution in [0.5, 0.6) is 0 Å². The zero-order valence-electron chi connectivity index (χ0n) is 9.21. The smallest absolute Gasteiger partial charge is 0.0626 e. The lowest BCUT2D eigenvalue weighted by atomic mass is 10.1. The molecule has 0 aliphatic carbocycles. The molecule has 0 radical (unpaired) electrons. The molecule has 0 aliphatic heterocycles. The van der Waals surface area contributed by atoms with Crippen LogP contribution in [0, 0.1) is 0 Å². The van der Waals surface area contributed by atoms with E-state index < -0.39 is 0 Å². The quantitative estimate of drug-likeness (QED) is 0.747. The third-order valence-electron chi connectivity index (χ3n) is 2.42. The van der Waals surface area contributed by atoms with Crippen molar-refractivity contribution in [1.82, 2.24) is 4.98 Å². The molecule has 1 aromatic heterocycles. The summed E-state index contributed by atoms with van der Waals surface area (Å²) >= 11 is 0. The Hall–Kier alpha value is -1.89. The molecule has 1 aromatic carbocycles. The maximum atomic E-state index is 4.24. The summed E-state index contributed by atoms with van der Waals surface area (Å²) in [6.45, 7) is 0. The Morgan fingerprint density at radius 1 is 0.938 bits per heavy atom. The lowest BCUT2D eigenvalue weighted by Crippen LogP contribution is -1.82. The molecule has 0 unspecified atom stereocenters. The highest BCUT2D eigenvalue weighted by molar-refractivity contribution is 5.43. The third-order valence-corrected chi connectivity index (χ3v) is 2.42. The number of hydrogen-bond acceptors (Lipinski definition) is 1. The lowest BCUT2D eigenvalue weighted by Gasteiger charge is -1.96. The minimum atomic E-state index is 1.02. The predicted octanol–water partition coefficient (Wildman–Crippen LogP) is 3.73. The van der Waals surface area contributed by atoms with Crippen molar-refractivity contribution in [3.63, 3.8) is 0 Å². The van der Waals surface area contributed by atoms with Crippen LogP contribution >= 0.6 is 0 Å². The minimum Gasteiger partial charge on any atom is -0.257 e. The van der Waals surface area contributed by atoms with Gasteiger partial charge in [-0.2, -0.15) is 0 Å². The molecule has 0 N–H and O–H groups in total. The molecule has 2 aromatic rings. The normalized spacial score (nSPS) is 10.8. The Balaban J connectivity index is 1.83. The fourth-order valence-corrected chi connectivity index (χ4v) is 1.57. The van der Waals surface area contributed by atoms with Gasteiger partial charge in [0, 0.05) is 6.20 Å². The van der Waals surface area contributed by atoms with E-state index >= 15 is 0 Å². The van der Waals surface area contributed by atoms with Crippen LogP contribution in [0.25, 0.3) is 6.08 Å². The van der Waals surface area contributed by atoms with Gasteiger partial charge >= 0.3 is 0 Å². The second-order valence-corrected chi connectivity index (χ2v) is 3.68. The number of benzene rings is 1. The molecule has 0 aliphatic rings. The highest BCUT2D eigenvalue weighted by Gasteiger charge is 1.88. The molecule has 0 saturated heterocycles. The van der Waals surface area contributed by atoms with Gasteiger partial charge in [-0.05, 0) is 36.6 Å². The van der Waals surface area contributed by atoms with E-state index in [0.29, 0.717) is 0 Å². The predicted molar refractivity (Wildman–Crippen MR) is 68.0 cm³/mol. The Kier molecular flexibility index (Phi) is 3.89. The Morgan fingerprint density at radius 2 is 1.75 bits per heavy atom. The van der Waals surface area contributed by atoms with Gasteiger partial charge < -0.3 is 0 Å². The van der Waals surface area contributed by atoms with Crippen molar-refractivity contribution in [1.29, 1.82) is 0 Å². The van der Waals surface area contributed by atoms with Gasteiger partial charge in [-0.1, -0.05) is 42.5 Å². The number of aromatic nitrogens is 1. The number of aryl methyl sites for hydroxylation is 1. The summed E-state index contributed by atoms with van der Waals surface area (Å²) in [4.78, 5) is 4.24. The van der Waals surface area contributed by atoms with Crippen molar-refractivity contribution < 1.29 is 0 Å². The standard InChI is InChI=1S/C15H15N/c1-2-8-14(9-3-1)10-4-5-11-15-12-6-7-13-16-15/h1-3,5-9,11-13H,4,10H2/b11-5+. The highest BCUT2D eigenvalue weighted by atomic mass is 14.6. The summed E-state index contributed by atoms with van der Waals surface area (Å²) < 4.78 is 0. The summed E-state index contributed by atoms with van der Waals surface area (Å²) in [6.07, 6.45) is 8.21. The number of rotatable bonds is 4. The van der Waals surface area contributed by atoms with Crippen LogP contribution in [0.1, 0.15) is 17.7 Å². The lowest BCUT2D eigenvalue weighted by molar-refractivity contribution is 1.00. The van der Waals surface area contributed by atoms with Crippen LogP contribution in [-0.4, -0.2) is 4.98 Å². The van der Waals surface area contributed by atoms with Gasteiger partial charge in [0.15, 0.2) is 0 Å². The maximum absolute atomic E-state index is 4.24. The van der Waals surface area contributed by atoms with Gasteiger partial charge in [-0.25, -0.2) is 0 Å². The van der Waals surface area contributed by atoms with Crippen LogP contribution in [0.4, 0.5) is 0 Å². The zero-order chi connectivity index (χ0) is 11.1. The molecule has 0 saturated carbocycles. The first-order valence-electron chi connectivity index (χ1n) is 5.56. The van der Waals surface area contributed by atoms with Crippen molar-refractivity contribution in [2.45, 2.75) is 12.8 Å². The molecule has 0 spiro atoms. The molecular formula is C15H15N. The second-order valence-electron chi connectivity index (χ2n) is 3.68. The van der Waals surface area contributed by atoms with E-state index in [2.05, 4.69) is 41.4 Å². The van der Waals surface area contributed by atoms with Gasteiger partial charge in [0.1, 0.15) is 0 Å². The summed E-state index contributed by atoms with van der Waals surface area (Å²) in [5, 5.41) is 0. The van der Waals surface area contributed by atoms with Crippen molar-refractivity contribution in [2.24, 2.45) is 0 Å². The van der Waals surface area contributed by atoms with Crippen molar-refractivity contribution in [2.75, 3.05) is 0 Å². The van der Waals surface area contributed by atoms with E-state index in [-0.39, 0.29) is 0 Å². The first kappa shape index (κ1) is 10.6. The molecular weight excluding hydrogens is 194 g/mol. The van der Waals surface area contributed by atoms with Crippen molar-refractivity contribution >= 4 is 6.08 Å². The Morgan fingerprint density at radius 3 is 2.50 bits per heavy atom. The zero-order valence-corrected chi connectivity index (χ0v) is 9.21. The van der Waals surface area contributed by atoms with Gasteiger partial charge in [0.2, 0.25) is 0 Å². The molecule has 0 atom stereocenters. The molecule has 1 heterocycles. The molecule has 16 heavy (non-hydrogen) atoms. The van der Waals surface area contributed by atoms with E-state index in [1.807, 2.05) is 30.5 Å². The fraction of sp³-hybridized carbons (Fsp3) is 0.133. The van der Waals surface area contributed by atoms with Crippen LogP contribution < -0.4 is 0 Å². The number of pyridine rings is 1. The molecule has 1 heteroatoms. The fourth-order valence-electron chi connectivity index (χ4n) is 1.57. The molecule has 0 bridgehead atoms. The van der Waals surface area contributed by atoms with E-state index in [0.717, 1.165) is 18.5 Å². The monoisotopic (exact) mass is 209 g/mol. The van der Waals surface area contributed by atoms with Crippen molar-refractivity contribution in [3.05, 3.63) is 72.1 Å². The number of allylic oxidation sites excluding steroid dienone is 1. The number of hydrogen-bond donors (Lipinski definition) is 0. The summed E-state index contributed by atoms with van der Waals surface area (Å²) in [5.41, 5.74) is 2.41. The molecule has 0 amide bonds. The van der Waals surface area contributed by atoms with E-state index in [1.54, 1.807) is 0 Å². The van der Waals surface area contributed by atoms with Gasteiger partial charge in [-0.3, -0.25) is 4.98 Å². The largest absolute Gasteiger partial charge is 0.257 e. The Bertz CT molecular complexity index is 432. The summed E-state index contributed by atoms with van der Waals surface area (Å²) in [7, 11) is 0. The first-order valence-corrected chi connectivity index (χ1v) is 5.56. The van der Waals surface area contributed by atoms with Crippen LogP contribution in [0.15, 0.2) is 60.8 Å². The molecule has 2 rings (SSSR count). The van der Waals surface area contributed by atoms with Crippen LogP contribution in [0.2, 0.25) is 0 Å². The molecule has 80 valence electrons. The topological polar surface area (TPSA) is 12.9 Å². The minimum absolute atomic E-state index is 1.02. The van der Waals surface area contributed by atoms with Crippen molar-refractivity contribution in [3.8, 4) is 0 Å².